The van der Waals surface area contributed by atoms with Crippen molar-refractivity contribution >= 4 is 6.09 Å². The third-order valence-electron chi connectivity index (χ3n) is 2.30. The van der Waals surface area contributed by atoms with Crippen molar-refractivity contribution in [3.8, 4) is 0 Å². The van der Waals surface area contributed by atoms with Gasteiger partial charge in [0.05, 0.1) is 18.8 Å². The average Bonchev–Trinajstić information content (AvgIpc) is 2.26. The van der Waals surface area contributed by atoms with E-state index in [1.807, 2.05) is 33.8 Å². The Hall–Kier alpha value is -1.62. The number of ether oxygens (including phenoxy) is 2. The van der Waals surface area contributed by atoms with Crippen LogP contribution in [0, 0.1) is 6.92 Å². The summed E-state index contributed by atoms with van der Waals surface area (Å²) in [6.45, 7) is 8.25. The van der Waals surface area contributed by atoms with Crippen LogP contribution in [0.4, 0.5) is 4.79 Å². The van der Waals surface area contributed by atoms with Crippen LogP contribution in [-0.2, 0) is 22.6 Å². The number of carbonyl (C=O) groups is 1. The number of hydrogen-bond donors (Lipinski definition) is 1. The van der Waals surface area contributed by atoms with Crippen LogP contribution in [0.5, 0.6) is 0 Å². The van der Waals surface area contributed by atoms with Gasteiger partial charge < -0.3 is 14.8 Å². The smallest absolute Gasteiger partial charge is 0.407 e. The number of methoxy groups -OCH3 is 1. The zero-order valence-corrected chi connectivity index (χ0v) is 12.2. The molecule has 19 heavy (non-hydrogen) atoms. The monoisotopic (exact) mass is 266 g/mol. The molecule has 0 saturated heterocycles. The Morgan fingerprint density at radius 1 is 1.42 bits per heavy atom. The van der Waals surface area contributed by atoms with Crippen LogP contribution >= 0.6 is 0 Å². The first-order chi connectivity index (χ1) is 8.81. The van der Waals surface area contributed by atoms with Crippen molar-refractivity contribution in [3.05, 3.63) is 29.1 Å². The summed E-state index contributed by atoms with van der Waals surface area (Å²) in [7, 11) is 1.63. The molecule has 1 amide bonds. The van der Waals surface area contributed by atoms with E-state index in [-0.39, 0.29) is 0 Å². The van der Waals surface area contributed by atoms with E-state index in [9.17, 15) is 4.79 Å². The molecule has 0 spiro atoms. The number of carbonyl (C=O) groups excluding carboxylic acids is 1. The van der Waals surface area contributed by atoms with Crippen molar-refractivity contribution < 1.29 is 14.3 Å². The van der Waals surface area contributed by atoms with E-state index < -0.39 is 11.7 Å². The number of pyridine rings is 1. The molecule has 1 N–H and O–H groups in total. The molecule has 1 aromatic heterocycles. The van der Waals surface area contributed by atoms with Gasteiger partial charge in [-0.15, -0.1) is 0 Å². The van der Waals surface area contributed by atoms with Gasteiger partial charge in [0.2, 0.25) is 0 Å². The molecule has 0 aliphatic rings. The molecule has 5 nitrogen and oxygen atoms in total. The van der Waals surface area contributed by atoms with Crippen LogP contribution in [0.3, 0.4) is 0 Å². The molecule has 1 rings (SSSR count). The fourth-order valence-corrected chi connectivity index (χ4v) is 1.57. The number of amides is 1. The predicted molar refractivity (Wildman–Crippen MR) is 72.8 cm³/mol. The van der Waals surface area contributed by atoms with Gasteiger partial charge in [-0.2, -0.15) is 0 Å². The van der Waals surface area contributed by atoms with Crippen molar-refractivity contribution in [2.24, 2.45) is 0 Å². The highest BCUT2D eigenvalue weighted by atomic mass is 16.6. The van der Waals surface area contributed by atoms with Gasteiger partial charge in [0, 0.05) is 18.9 Å². The highest BCUT2D eigenvalue weighted by molar-refractivity contribution is 5.67. The van der Waals surface area contributed by atoms with Gasteiger partial charge in [-0.25, -0.2) is 4.79 Å². The molecule has 106 valence electrons. The van der Waals surface area contributed by atoms with Crippen molar-refractivity contribution in [1.29, 1.82) is 0 Å². The lowest BCUT2D eigenvalue weighted by molar-refractivity contribution is 0.0522. The van der Waals surface area contributed by atoms with Crippen molar-refractivity contribution in [1.82, 2.24) is 10.3 Å². The predicted octanol–water partition coefficient (Wildman–Crippen LogP) is 2.56. The minimum Gasteiger partial charge on any atom is -0.444 e. The first kappa shape index (κ1) is 15.4. The number of aromatic nitrogens is 1. The summed E-state index contributed by atoms with van der Waals surface area (Å²) < 4.78 is 10.3. The first-order valence-electron chi connectivity index (χ1n) is 6.22. The Kier molecular flexibility index (Phi) is 5.30. The van der Waals surface area contributed by atoms with E-state index in [1.54, 1.807) is 13.3 Å². The standard InChI is InChI=1S/C14H22N2O3/c1-10-6-11(9-18-5)12(15-7-10)8-16-13(17)19-14(2,3)4/h6-7H,8-9H2,1-5H3,(H,16,17). The molecule has 5 heteroatoms. The van der Waals surface area contributed by atoms with Gasteiger partial charge in [0.15, 0.2) is 0 Å². The minimum absolute atomic E-state index is 0.327. The second-order valence-corrected chi connectivity index (χ2v) is 5.41. The molecule has 1 aromatic rings. The van der Waals surface area contributed by atoms with Gasteiger partial charge >= 0.3 is 6.09 Å². The summed E-state index contributed by atoms with van der Waals surface area (Å²) in [5.74, 6) is 0. The van der Waals surface area contributed by atoms with E-state index in [4.69, 9.17) is 9.47 Å². The van der Waals surface area contributed by atoms with Crippen LogP contribution in [0.25, 0.3) is 0 Å². The maximum atomic E-state index is 11.6. The van der Waals surface area contributed by atoms with Crippen molar-refractivity contribution in [2.75, 3.05) is 7.11 Å². The fourth-order valence-electron chi connectivity index (χ4n) is 1.57. The molecule has 0 radical (unpaired) electrons. The Morgan fingerprint density at radius 2 is 2.11 bits per heavy atom. The number of alkyl carbamates (subject to hydrolysis) is 1. The Balaban J connectivity index is 2.64. The van der Waals surface area contributed by atoms with Gasteiger partial charge in [-0.05, 0) is 33.3 Å². The molecule has 0 aliphatic heterocycles. The molecule has 0 atom stereocenters. The fraction of sp³-hybridized carbons (Fsp3) is 0.571. The zero-order valence-electron chi connectivity index (χ0n) is 12.2. The number of nitrogens with one attached hydrogen (secondary N) is 1. The van der Waals surface area contributed by atoms with Crippen molar-refractivity contribution in [2.45, 2.75) is 46.4 Å². The third-order valence-corrected chi connectivity index (χ3v) is 2.30. The molecule has 0 fully saturated rings. The van der Waals surface area contributed by atoms with Crippen LogP contribution in [0.1, 0.15) is 37.6 Å². The molecule has 0 unspecified atom stereocenters. The van der Waals surface area contributed by atoms with Gasteiger partial charge in [-0.1, -0.05) is 6.07 Å². The molecular formula is C14H22N2O3. The highest BCUT2D eigenvalue weighted by Crippen LogP contribution is 2.11. The summed E-state index contributed by atoms with van der Waals surface area (Å²) in [6.07, 6.45) is 1.32. The van der Waals surface area contributed by atoms with Crippen LogP contribution in [0.15, 0.2) is 12.3 Å². The number of rotatable bonds is 4. The SMILES string of the molecule is COCc1cc(C)cnc1CNC(=O)OC(C)(C)C. The normalized spacial score (nSPS) is 11.2. The number of aryl methyl sites for hydroxylation is 1. The Bertz CT molecular complexity index is 439. The van der Waals surface area contributed by atoms with E-state index in [0.29, 0.717) is 13.2 Å². The number of nitrogens with zero attached hydrogens (tertiary/aromatic N) is 1. The summed E-state index contributed by atoms with van der Waals surface area (Å²) in [4.78, 5) is 15.9. The Labute approximate surface area is 114 Å². The summed E-state index contributed by atoms with van der Waals surface area (Å²) in [5.41, 5.74) is 2.32. The second-order valence-electron chi connectivity index (χ2n) is 5.41. The van der Waals surface area contributed by atoms with E-state index in [1.165, 1.54) is 0 Å². The van der Waals surface area contributed by atoms with E-state index in [2.05, 4.69) is 10.3 Å². The van der Waals surface area contributed by atoms with Gasteiger partial charge in [-0.3, -0.25) is 4.98 Å². The number of hydrogen-bond acceptors (Lipinski definition) is 4. The van der Waals surface area contributed by atoms with E-state index in [0.717, 1.165) is 16.8 Å². The first-order valence-corrected chi connectivity index (χ1v) is 6.22. The van der Waals surface area contributed by atoms with Crippen LogP contribution < -0.4 is 5.32 Å². The van der Waals surface area contributed by atoms with Crippen molar-refractivity contribution in [3.63, 3.8) is 0 Å². The lowest BCUT2D eigenvalue weighted by atomic mass is 10.1. The maximum Gasteiger partial charge on any atom is 0.407 e. The highest BCUT2D eigenvalue weighted by Gasteiger charge is 2.16. The molecule has 0 bridgehead atoms. The minimum atomic E-state index is -0.500. The second kappa shape index (κ2) is 6.52. The molecule has 0 saturated carbocycles. The van der Waals surface area contributed by atoms with Crippen LogP contribution in [-0.4, -0.2) is 23.8 Å². The molecular weight excluding hydrogens is 244 g/mol. The van der Waals surface area contributed by atoms with Gasteiger partial charge in [0.1, 0.15) is 5.60 Å². The zero-order chi connectivity index (χ0) is 14.5. The van der Waals surface area contributed by atoms with Gasteiger partial charge in [0.25, 0.3) is 0 Å². The summed E-state index contributed by atoms with van der Waals surface area (Å²) >= 11 is 0. The summed E-state index contributed by atoms with van der Waals surface area (Å²) in [5, 5.41) is 2.69. The quantitative estimate of drug-likeness (QED) is 0.909. The Morgan fingerprint density at radius 3 is 2.68 bits per heavy atom. The third kappa shape index (κ3) is 5.70. The van der Waals surface area contributed by atoms with E-state index >= 15 is 0 Å². The molecule has 1 heterocycles. The maximum absolute atomic E-state index is 11.6. The topological polar surface area (TPSA) is 60.5 Å². The largest absolute Gasteiger partial charge is 0.444 e. The van der Waals surface area contributed by atoms with Crippen LogP contribution in [0.2, 0.25) is 0 Å². The molecule has 0 aliphatic carbocycles. The lowest BCUT2D eigenvalue weighted by Crippen LogP contribution is -2.32. The lowest BCUT2D eigenvalue weighted by Gasteiger charge is -2.20. The molecule has 0 aromatic carbocycles. The summed E-state index contributed by atoms with van der Waals surface area (Å²) in [6, 6.07) is 2.00. The average molecular weight is 266 g/mol.